The molecule has 9 nitrogen and oxygen atoms in total. The van der Waals surface area contributed by atoms with Crippen molar-refractivity contribution in [1.29, 1.82) is 0 Å². The molecule has 2 rings (SSSR count). The minimum absolute atomic E-state index is 0.386. The number of hydrogen-bond acceptors (Lipinski definition) is 9. The number of hydrogen-bond donors (Lipinski definition) is 5. The first-order valence-electron chi connectivity index (χ1n) is 8.23. The standard InChI is InChI=1S/C15H26N8O/c1-5-7-18-14-20-10-11(12(16-3)22-14)21-15(23-13(10)17-4)19-8-9(24)6-2/h9,24H,5-8H2,1-4H3,(H2,16,18,20,22)(H2,17,19,21,23). The van der Waals surface area contributed by atoms with E-state index in [2.05, 4.69) is 48.1 Å². The number of nitrogens with one attached hydrogen (secondary N) is 4. The van der Waals surface area contributed by atoms with Crippen molar-refractivity contribution in [2.45, 2.75) is 32.8 Å². The molecule has 24 heavy (non-hydrogen) atoms. The minimum Gasteiger partial charge on any atom is -0.391 e. The molecular formula is C15H26N8O. The van der Waals surface area contributed by atoms with Gasteiger partial charge < -0.3 is 26.4 Å². The lowest BCUT2D eigenvalue weighted by molar-refractivity contribution is 0.183. The van der Waals surface area contributed by atoms with Crippen LogP contribution in [0.1, 0.15) is 26.7 Å². The molecule has 0 aliphatic rings. The second kappa shape index (κ2) is 8.44. The number of anilines is 4. The molecule has 0 spiro atoms. The molecule has 2 aromatic heterocycles. The molecule has 132 valence electrons. The highest BCUT2D eigenvalue weighted by atomic mass is 16.3. The van der Waals surface area contributed by atoms with Crippen molar-refractivity contribution in [1.82, 2.24) is 19.9 Å². The first kappa shape index (κ1) is 17.9. The Bertz CT molecular complexity index is 678. The predicted molar refractivity (Wildman–Crippen MR) is 97.8 cm³/mol. The lowest BCUT2D eigenvalue weighted by Gasteiger charge is -2.14. The van der Waals surface area contributed by atoms with Crippen LogP contribution in [0.25, 0.3) is 11.0 Å². The maximum atomic E-state index is 9.70. The summed E-state index contributed by atoms with van der Waals surface area (Å²) in [6, 6.07) is 0. The normalized spacial score (nSPS) is 12.0. The highest BCUT2D eigenvalue weighted by Gasteiger charge is 2.15. The summed E-state index contributed by atoms with van der Waals surface area (Å²) in [6.07, 6.45) is 1.20. The molecule has 0 aliphatic heterocycles. The summed E-state index contributed by atoms with van der Waals surface area (Å²) in [5.41, 5.74) is 1.25. The molecule has 0 saturated carbocycles. The van der Waals surface area contributed by atoms with Gasteiger partial charge in [0.2, 0.25) is 11.9 Å². The van der Waals surface area contributed by atoms with Crippen LogP contribution in [-0.2, 0) is 0 Å². The van der Waals surface area contributed by atoms with Crippen molar-refractivity contribution < 1.29 is 5.11 Å². The van der Waals surface area contributed by atoms with Gasteiger partial charge in [-0.3, -0.25) is 0 Å². The second-order valence-corrected chi connectivity index (χ2v) is 5.36. The smallest absolute Gasteiger partial charge is 0.225 e. The number of aromatic nitrogens is 4. The van der Waals surface area contributed by atoms with Crippen molar-refractivity contribution in [3.05, 3.63) is 0 Å². The average Bonchev–Trinajstić information content (AvgIpc) is 2.62. The van der Waals surface area contributed by atoms with Crippen LogP contribution in [0.2, 0.25) is 0 Å². The Hall–Kier alpha value is -2.42. The van der Waals surface area contributed by atoms with Gasteiger partial charge in [-0.05, 0) is 12.8 Å². The molecule has 0 bridgehead atoms. The molecule has 2 heterocycles. The van der Waals surface area contributed by atoms with Gasteiger partial charge in [0.25, 0.3) is 0 Å². The third-order valence-corrected chi connectivity index (χ3v) is 3.52. The molecular weight excluding hydrogens is 308 g/mol. The number of rotatable bonds is 9. The lowest BCUT2D eigenvalue weighted by Crippen LogP contribution is -2.20. The van der Waals surface area contributed by atoms with Gasteiger partial charge in [-0.2, -0.15) is 9.97 Å². The van der Waals surface area contributed by atoms with E-state index in [4.69, 9.17) is 0 Å². The molecule has 0 fully saturated rings. The Balaban J connectivity index is 2.44. The molecule has 0 aliphatic carbocycles. The Morgan fingerprint density at radius 3 is 1.88 bits per heavy atom. The van der Waals surface area contributed by atoms with Gasteiger partial charge in [0, 0.05) is 27.2 Å². The van der Waals surface area contributed by atoms with Gasteiger partial charge in [0.1, 0.15) is 11.0 Å². The van der Waals surface area contributed by atoms with Crippen molar-refractivity contribution >= 4 is 34.6 Å². The first-order chi connectivity index (χ1) is 11.6. The fourth-order valence-corrected chi connectivity index (χ4v) is 2.11. The Morgan fingerprint density at radius 1 is 0.875 bits per heavy atom. The number of aliphatic hydroxyl groups is 1. The Morgan fingerprint density at radius 2 is 1.42 bits per heavy atom. The topological polar surface area (TPSA) is 120 Å². The monoisotopic (exact) mass is 334 g/mol. The van der Waals surface area contributed by atoms with Gasteiger partial charge >= 0.3 is 0 Å². The summed E-state index contributed by atoms with van der Waals surface area (Å²) in [7, 11) is 3.58. The molecule has 0 amide bonds. The van der Waals surface area contributed by atoms with Crippen molar-refractivity contribution in [3.8, 4) is 0 Å². The number of nitrogens with zero attached hydrogens (tertiary/aromatic N) is 4. The SMILES string of the molecule is CCCNc1nc(NC)c2nc(NCC(O)CC)nc(NC)c2n1. The average molecular weight is 334 g/mol. The van der Waals surface area contributed by atoms with Crippen LogP contribution in [0.3, 0.4) is 0 Å². The summed E-state index contributed by atoms with van der Waals surface area (Å²) < 4.78 is 0. The van der Waals surface area contributed by atoms with E-state index in [1.165, 1.54) is 0 Å². The highest BCUT2D eigenvalue weighted by molar-refractivity contribution is 5.94. The molecule has 2 aromatic rings. The number of fused-ring (bicyclic) bond motifs is 1. The molecule has 1 atom stereocenters. The second-order valence-electron chi connectivity index (χ2n) is 5.36. The minimum atomic E-state index is -0.442. The molecule has 0 aromatic carbocycles. The van der Waals surface area contributed by atoms with E-state index in [1.807, 2.05) is 6.92 Å². The first-order valence-corrected chi connectivity index (χ1v) is 8.23. The van der Waals surface area contributed by atoms with Gasteiger partial charge in [0.05, 0.1) is 6.10 Å². The Labute approximate surface area is 141 Å². The zero-order valence-electron chi connectivity index (χ0n) is 14.6. The zero-order valence-corrected chi connectivity index (χ0v) is 14.6. The highest BCUT2D eigenvalue weighted by Crippen LogP contribution is 2.26. The van der Waals surface area contributed by atoms with E-state index in [1.54, 1.807) is 14.1 Å². The summed E-state index contributed by atoms with van der Waals surface area (Å²) in [5.74, 6) is 2.19. The molecule has 0 radical (unpaired) electrons. The van der Waals surface area contributed by atoms with E-state index < -0.39 is 6.10 Å². The van der Waals surface area contributed by atoms with E-state index in [9.17, 15) is 5.11 Å². The third-order valence-electron chi connectivity index (χ3n) is 3.52. The molecule has 5 N–H and O–H groups in total. The van der Waals surface area contributed by atoms with Gasteiger partial charge in [-0.25, -0.2) is 9.97 Å². The molecule has 9 heteroatoms. The van der Waals surface area contributed by atoms with Crippen LogP contribution < -0.4 is 21.3 Å². The zero-order chi connectivity index (χ0) is 17.5. The van der Waals surface area contributed by atoms with E-state index in [-0.39, 0.29) is 0 Å². The fraction of sp³-hybridized carbons (Fsp3) is 0.600. The third kappa shape index (κ3) is 4.10. The van der Waals surface area contributed by atoms with E-state index in [0.717, 1.165) is 13.0 Å². The van der Waals surface area contributed by atoms with Crippen LogP contribution in [0.5, 0.6) is 0 Å². The quantitative estimate of drug-likeness (QED) is 0.464. The van der Waals surface area contributed by atoms with Crippen molar-refractivity contribution in [3.63, 3.8) is 0 Å². The van der Waals surface area contributed by atoms with Crippen LogP contribution in [0, 0.1) is 0 Å². The molecule has 0 saturated heterocycles. The summed E-state index contributed by atoms with van der Waals surface area (Å²) in [6.45, 7) is 5.18. The van der Waals surface area contributed by atoms with Crippen LogP contribution in [0.4, 0.5) is 23.5 Å². The summed E-state index contributed by atoms with van der Waals surface area (Å²) in [5, 5.41) is 22.0. The van der Waals surface area contributed by atoms with Crippen LogP contribution >= 0.6 is 0 Å². The summed E-state index contributed by atoms with van der Waals surface area (Å²) >= 11 is 0. The largest absolute Gasteiger partial charge is 0.391 e. The van der Waals surface area contributed by atoms with Crippen molar-refractivity contribution in [2.75, 3.05) is 48.5 Å². The van der Waals surface area contributed by atoms with Gasteiger partial charge in [-0.1, -0.05) is 13.8 Å². The van der Waals surface area contributed by atoms with Gasteiger partial charge in [0.15, 0.2) is 11.6 Å². The van der Waals surface area contributed by atoms with E-state index in [0.29, 0.717) is 47.5 Å². The van der Waals surface area contributed by atoms with Crippen molar-refractivity contribution in [2.24, 2.45) is 0 Å². The maximum Gasteiger partial charge on any atom is 0.225 e. The maximum absolute atomic E-state index is 9.70. The molecule has 1 unspecified atom stereocenters. The van der Waals surface area contributed by atoms with Crippen LogP contribution in [0.15, 0.2) is 0 Å². The van der Waals surface area contributed by atoms with Gasteiger partial charge in [-0.15, -0.1) is 0 Å². The fourth-order valence-electron chi connectivity index (χ4n) is 2.11. The number of aliphatic hydroxyl groups excluding tert-OH is 1. The predicted octanol–water partition coefficient (Wildman–Crippen LogP) is 1.51. The lowest BCUT2D eigenvalue weighted by atomic mass is 10.3. The Kier molecular flexibility index (Phi) is 6.30. The summed E-state index contributed by atoms with van der Waals surface area (Å²) in [4.78, 5) is 17.9. The van der Waals surface area contributed by atoms with Crippen LogP contribution in [-0.4, -0.2) is 58.3 Å². The van der Waals surface area contributed by atoms with E-state index >= 15 is 0 Å².